The Labute approximate surface area is 57.5 Å². The molecule has 0 aromatic heterocycles. The first-order valence-electron chi connectivity index (χ1n) is 2.83. The summed E-state index contributed by atoms with van der Waals surface area (Å²) in [7, 11) is 0. The normalized spacial score (nSPS) is 9.90. The van der Waals surface area contributed by atoms with Gasteiger partial charge in [-0.05, 0) is 19.1 Å². The van der Waals surface area contributed by atoms with Gasteiger partial charge in [-0.3, -0.25) is 0 Å². The van der Waals surface area contributed by atoms with Crippen molar-refractivity contribution in [3.05, 3.63) is 29.3 Å². The summed E-state index contributed by atoms with van der Waals surface area (Å²) in [5.41, 5.74) is 5.73. The number of hydrogen-bond donors (Lipinski definition) is 1. The highest BCUT2D eigenvalue weighted by Gasteiger charge is 2.05. The zero-order valence-electron chi connectivity index (χ0n) is 5.49. The molecular formula is C7H7F2N. The molecule has 0 amide bonds. The molecule has 0 spiro atoms. The summed E-state index contributed by atoms with van der Waals surface area (Å²) >= 11 is 0. The first-order chi connectivity index (χ1) is 4.63. The van der Waals surface area contributed by atoms with E-state index in [1.54, 1.807) is 0 Å². The molecule has 0 bridgehead atoms. The lowest BCUT2D eigenvalue weighted by atomic mass is 10.2. The first-order valence-corrected chi connectivity index (χ1v) is 2.83. The van der Waals surface area contributed by atoms with Crippen LogP contribution < -0.4 is 5.73 Å². The second-order valence-electron chi connectivity index (χ2n) is 2.08. The van der Waals surface area contributed by atoms with Crippen molar-refractivity contribution in [1.82, 2.24) is 0 Å². The van der Waals surface area contributed by atoms with Crippen molar-refractivity contribution in [2.75, 3.05) is 5.73 Å². The van der Waals surface area contributed by atoms with Gasteiger partial charge in [-0.2, -0.15) is 0 Å². The molecule has 1 aromatic rings. The molecule has 10 heavy (non-hydrogen) atoms. The molecule has 0 aliphatic rings. The van der Waals surface area contributed by atoms with Gasteiger partial charge in [-0.15, -0.1) is 0 Å². The van der Waals surface area contributed by atoms with Crippen molar-refractivity contribution < 1.29 is 8.78 Å². The van der Waals surface area contributed by atoms with E-state index in [9.17, 15) is 8.78 Å². The summed E-state index contributed by atoms with van der Waals surface area (Å²) in [5.74, 6) is -1.72. The minimum atomic E-state index is -0.861. The first kappa shape index (κ1) is 6.99. The van der Waals surface area contributed by atoms with Gasteiger partial charge in [0.2, 0.25) is 0 Å². The van der Waals surface area contributed by atoms with Crippen LogP contribution in [0.25, 0.3) is 0 Å². The largest absolute Gasteiger partial charge is 0.398 e. The van der Waals surface area contributed by atoms with Gasteiger partial charge in [-0.25, -0.2) is 8.78 Å². The van der Waals surface area contributed by atoms with Gasteiger partial charge < -0.3 is 5.73 Å². The number of hydrogen-bond acceptors (Lipinski definition) is 1. The predicted molar refractivity (Wildman–Crippen MR) is 35.5 cm³/mol. The summed E-state index contributed by atoms with van der Waals surface area (Å²) < 4.78 is 24.9. The van der Waals surface area contributed by atoms with Gasteiger partial charge in [0.1, 0.15) is 0 Å². The monoisotopic (exact) mass is 143 g/mol. The lowest BCUT2D eigenvalue weighted by Gasteiger charge is -2.00. The minimum absolute atomic E-state index is 0.167. The average molecular weight is 143 g/mol. The van der Waals surface area contributed by atoms with Crippen LogP contribution in [0.2, 0.25) is 0 Å². The quantitative estimate of drug-likeness (QED) is 0.551. The van der Waals surface area contributed by atoms with Gasteiger partial charge in [0.15, 0.2) is 11.6 Å². The van der Waals surface area contributed by atoms with E-state index < -0.39 is 11.6 Å². The van der Waals surface area contributed by atoms with E-state index in [1.165, 1.54) is 13.0 Å². The van der Waals surface area contributed by atoms with E-state index in [-0.39, 0.29) is 11.3 Å². The summed E-state index contributed by atoms with van der Waals surface area (Å²) in [4.78, 5) is 0. The van der Waals surface area contributed by atoms with Gasteiger partial charge in [0, 0.05) is 11.3 Å². The van der Waals surface area contributed by atoms with Crippen LogP contribution in [-0.4, -0.2) is 0 Å². The Bertz CT molecular complexity index is 231. The highest BCUT2D eigenvalue weighted by molar-refractivity contribution is 5.46. The van der Waals surface area contributed by atoms with Gasteiger partial charge >= 0.3 is 0 Å². The summed E-state index contributed by atoms with van der Waals surface area (Å²) in [6.07, 6.45) is 0. The molecule has 0 saturated carbocycles. The summed E-state index contributed by atoms with van der Waals surface area (Å²) in [6.45, 7) is 1.44. The van der Waals surface area contributed by atoms with Crippen LogP contribution >= 0.6 is 0 Å². The lowest BCUT2D eigenvalue weighted by Crippen LogP contribution is -1.95. The molecule has 0 aliphatic heterocycles. The Balaban J connectivity index is 3.34. The number of halogens is 2. The predicted octanol–water partition coefficient (Wildman–Crippen LogP) is 1.86. The SMILES string of the molecule is Cc1c(N)ccc(F)c1F. The Morgan fingerprint density at radius 2 is 1.90 bits per heavy atom. The molecule has 0 unspecified atom stereocenters. The molecule has 0 heterocycles. The molecule has 0 aliphatic carbocycles. The Morgan fingerprint density at radius 3 is 2.40 bits per heavy atom. The third kappa shape index (κ3) is 0.943. The van der Waals surface area contributed by atoms with Crippen molar-refractivity contribution in [2.24, 2.45) is 0 Å². The molecule has 2 N–H and O–H groups in total. The summed E-state index contributed by atoms with van der Waals surface area (Å²) in [6, 6.07) is 2.35. The Kier molecular flexibility index (Phi) is 1.57. The van der Waals surface area contributed by atoms with Crippen LogP contribution in [0.3, 0.4) is 0 Å². The maximum absolute atomic E-state index is 12.5. The van der Waals surface area contributed by atoms with Crippen LogP contribution in [0.5, 0.6) is 0 Å². The highest BCUT2D eigenvalue weighted by Crippen LogP contribution is 2.16. The molecule has 54 valence electrons. The third-order valence-electron chi connectivity index (χ3n) is 1.38. The zero-order chi connectivity index (χ0) is 7.72. The molecule has 3 heteroatoms. The van der Waals surface area contributed by atoms with Gasteiger partial charge in [0.25, 0.3) is 0 Å². The maximum atomic E-state index is 12.5. The Hall–Kier alpha value is -1.12. The standard InChI is InChI=1S/C7H7F2N/c1-4-6(10)3-2-5(8)7(4)9/h2-3H,10H2,1H3. The molecule has 1 rings (SSSR count). The van der Waals surface area contributed by atoms with Crippen LogP contribution in [0.1, 0.15) is 5.56 Å². The molecular weight excluding hydrogens is 136 g/mol. The van der Waals surface area contributed by atoms with Crippen LogP contribution in [-0.2, 0) is 0 Å². The minimum Gasteiger partial charge on any atom is -0.398 e. The molecule has 0 atom stereocenters. The number of nitrogen functional groups attached to an aromatic ring is 1. The molecule has 0 fully saturated rings. The lowest BCUT2D eigenvalue weighted by molar-refractivity contribution is 0.504. The molecule has 0 saturated heterocycles. The van der Waals surface area contributed by atoms with E-state index in [2.05, 4.69) is 0 Å². The summed E-state index contributed by atoms with van der Waals surface area (Å²) in [5, 5.41) is 0. The van der Waals surface area contributed by atoms with Crippen molar-refractivity contribution in [3.8, 4) is 0 Å². The fourth-order valence-electron chi connectivity index (χ4n) is 0.667. The second kappa shape index (κ2) is 2.25. The fourth-order valence-corrected chi connectivity index (χ4v) is 0.667. The average Bonchev–Trinajstić information content (AvgIpc) is 1.93. The van der Waals surface area contributed by atoms with E-state index in [4.69, 9.17) is 5.73 Å². The van der Waals surface area contributed by atoms with Crippen molar-refractivity contribution in [3.63, 3.8) is 0 Å². The third-order valence-corrected chi connectivity index (χ3v) is 1.38. The maximum Gasteiger partial charge on any atom is 0.163 e. The number of nitrogens with two attached hydrogens (primary N) is 1. The number of benzene rings is 1. The van der Waals surface area contributed by atoms with Crippen molar-refractivity contribution in [2.45, 2.75) is 6.92 Å². The highest BCUT2D eigenvalue weighted by atomic mass is 19.2. The van der Waals surface area contributed by atoms with Gasteiger partial charge in [-0.1, -0.05) is 0 Å². The topological polar surface area (TPSA) is 26.0 Å². The Morgan fingerprint density at radius 1 is 1.30 bits per heavy atom. The molecule has 1 nitrogen and oxygen atoms in total. The molecule has 0 radical (unpaired) electrons. The fraction of sp³-hybridized carbons (Fsp3) is 0.143. The van der Waals surface area contributed by atoms with Crippen molar-refractivity contribution >= 4 is 5.69 Å². The van der Waals surface area contributed by atoms with E-state index in [0.717, 1.165) is 6.07 Å². The smallest absolute Gasteiger partial charge is 0.163 e. The van der Waals surface area contributed by atoms with Crippen LogP contribution in [0.15, 0.2) is 12.1 Å². The number of anilines is 1. The van der Waals surface area contributed by atoms with E-state index in [0.29, 0.717) is 0 Å². The van der Waals surface area contributed by atoms with E-state index in [1.807, 2.05) is 0 Å². The second-order valence-corrected chi connectivity index (χ2v) is 2.08. The van der Waals surface area contributed by atoms with E-state index >= 15 is 0 Å². The number of rotatable bonds is 0. The van der Waals surface area contributed by atoms with Crippen LogP contribution in [0, 0.1) is 18.6 Å². The van der Waals surface area contributed by atoms with Gasteiger partial charge in [0.05, 0.1) is 0 Å². The molecule has 1 aromatic carbocycles. The van der Waals surface area contributed by atoms with Crippen molar-refractivity contribution in [1.29, 1.82) is 0 Å². The zero-order valence-corrected chi connectivity index (χ0v) is 5.49. The van der Waals surface area contributed by atoms with Crippen LogP contribution in [0.4, 0.5) is 14.5 Å².